The Kier molecular flexibility index (Phi) is 5.34. The molecule has 1 amide bonds. The van der Waals surface area contributed by atoms with Crippen LogP contribution in [0.1, 0.15) is 55.7 Å². The molecule has 1 unspecified atom stereocenters. The van der Waals surface area contributed by atoms with E-state index in [9.17, 15) is 4.79 Å². The van der Waals surface area contributed by atoms with Crippen LogP contribution in [-0.2, 0) is 0 Å². The van der Waals surface area contributed by atoms with Crippen LogP contribution in [0.3, 0.4) is 0 Å². The van der Waals surface area contributed by atoms with Crippen molar-refractivity contribution in [3.63, 3.8) is 0 Å². The van der Waals surface area contributed by atoms with E-state index in [1.165, 1.54) is 0 Å². The number of carbonyl (C=O) groups is 1. The van der Waals surface area contributed by atoms with Gasteiger partial charge in [-0.15, -0.1) is 0 Å². The monoisotopic (exact) mass is 253 g/mol. The number of hydrogen-bond donors (Lipinski definition) is 2. The van der Waals surface area contributed by atoms with Crippen molar-refractivity contribution in [2.24, 2.45) is 0 Å². The third-order valence-corrected chi connectivity index (χ3v) is 3.23. The minimum atomic E-state index is -0.242. The minimum absolute atomic E-state index is 0.0640. The molecule has 0 aliphatic carbocycles. The number of nitrogens with zero attached hydrogens (tertiary/aromatic N) is 2. The van der Waals surface area contributed by atoms with Gasteiger partial charge in [0.2, 0.25) is 0 Å². The molecule has 102 valence electrons. The van der Waals surface area contributed by atoms with Crippen molar-refractivity contribution in [2.75, 3.05) is 6.61 Å². The lowest BCUT2D eigenvalue weighted by Gasteiger charge is -2.16. The Labute approximate surface area is 108 Å². The summed E-state index contributed by atoms with van der Waals surface area (Å²) < 4.78 is 1.92. The predicted molar refractivity (Wildman–Crippen MR) is 70.6 cm³/mol. The average Bonchev–Trinajstić information content (AvgIpc) is 2.73. The molecule has 1 aromatic rings. The maximum Gasteiger partial charge on any atom is 0.255 e. The zero-order chi connectivity index (χ0) is 13.7. The molecule has 2 N–H and O–H groups in total. The summed E-state index contributed by atoms with van der Waals surface area (Å²) in [4.78, 5) is 12.0. The minimum Gasteiger partial charge on any atom is -0.394 e. The molecule has 5 nitrogen and oxygen atoms in total. The molecule has 0 bridgehead atoms. The smallest absolute Gasteiger partial charge is 0.255 e. The normalized spacial score (nSPS) is 12.8. The first-order valence-corrected chi connectivity index (χ1v) is 6.50. The third kappa shape index (κ3) is 3.10. The first kappa shape index (κ1) is 14.7. The highest BCUT2D eigenvalue weighted by atomic mass is 16.3. The standard InChI is InChI=1S/C13H23N3O2/c1-5-11(6-2)16-10(4)12(7-14-16)13(18)15-9(3)8-17/h7,9,11,17H,5-6,8H2,1-4H3,(H,15,18). The van der Waals surface area contributed by atoms with Crippen LogP contribution >= 0.6 is 0 Å². The lowest BCUT2D eigenvalue weighted by atomic mass is 10.1. The van der Waals surface area contributed by atoms with Crippen LogP contribution in [0, 0.1) is 6.92 Å². The summed E-state index contributed by atoms with van der Waals surface area (Å²) in [6.07, 6.45) is 3.59. The Balaban J connectivity index is 2.89. The molecule has 1 rings (SSSR count). The average molecular weight is 253 g/mol. The lowest BCUT2D eigenvalue weighted by molar-refractivity contribution is 0.0921. The van der Waals surface area contributed by atoms with E-state index in [1.54, 1.807) is 13.1 Å². The summed E-state index contributed by atoms with van der Waals surface area (Å²) in [5, 5.41) is 16.0. The second kappa shape index (κ2) is 6.54. The highest BCUT2D eigenvalue weighted by Gasteiger charge is 2.18. The molecule has 0 radical (unpaired) electrons. The zero-order valence-electron chi connectivity index (χ0n) is 11.6. The maximum absolute atomic E-state index is 12.0. The zero-order valence-corrected chi connectivity index (χ0v) is 11.6. The van der Waals surface area contributed by atoms with Crippen molar-refractivity contribution in [1.82, 2.24) is 15.1 Å². The van der Waals surface area contributed by atoms with Crippen molar-refractivity contribution in [3.8, 4) is 0 Å². The summed E-state index contributed by atoms with van der Waals surface area (Å²) in [7, 11) is 0. The number of aliphatic hydroxyl groups excluding tert-OH is 1. The molecular weight excluding hydrogens is 230 g/mol. The van der Waals surface area contributed by atoms with Crippen molar-refractivity contribution in [2.45, 2.75) is 52.6 Å². The number of aliphatic hydroxyl groups is 1. The summed E-state index contributed by atoms with van der Waals surface area (Å²) in [6, 6.07) is 0.0928. The fraction of sp³-hybridized carbons (Fsp3) is 0.692. The van der Waals surface area contributed by atoms with Crippen LogP contribution < -0.4 is 5.32 Å². The van der Waals surface area contributed by atoms with Crippen LogP contribution in [0.25, 0.3) is 0 Å². The summed E-state index contributed by atoms with van der Waals surface area (Å²) in [6.45, 7) is 7.83. The van der Waals surface area contributed by atoms with Gasteiger partial charge in [0.05, 0.1) is 24.4 Å². The van der Waals surface area contributed by atoms with Crippen LogP contribution in [-0.4, -0.2) is 33.4 Å². The molecule has 5 heteroatoms. The molecule has 0 aliphatic rings. The molecular formula is C13H23N3O2. The van der Waals surface area contributed by atoms with Crippen LogP contribution in [0.15, 0.2) is 6.20 Å². The second-order valence-electron chi connectivity index (χ2n) is 4.62. The summed E-state index contributed by atoms with van der Waals surface area (Å²) >= 11 is 0. The largest absolute Gasteiger partial charge is 0.394 e. The number of amides is 1. The molecule has 1 heterocycles. The molecule has 18 heavy (non-hydrogen) atoms. The van der Waals surface area contributed by atoms with Crippen LogP contribution in [0.5, 0.6) is 0 Å². The van der Waals surface area contributed by atoms with E-state index in [1.807, 2.05) is 11.6 Å². The fourth-order valence-corrected chi connectivity index (χ4v) is 2.00. The molecule has 0 aromatic carbocycles. The van der Waals surface area contributed by atoms with E-state index in [4.69, 9.17) is 5.11 Å². The lowest BCUT2D eigenvalue weighted by Crippen LogP contribution is -2.35. The quantitative estimate of drug-likeness (QED) is 0.810. The van der Waals surface area contributed by atoms with Gasteiger partial charge in [-0.2, -0.15) is 5.10 Å². The second-order valence-corrected chi connectivity index (χ2v) is 4.62. The van der Waals surface area contributed by atoms with E-state index in [-0.39, 0.29) is 18.6 Å². The number of nitrogens with one attached hydrogen (secondary N) is 1. The fourth-order valence-electron chi connectivity index (χ4n) is 2.00. The predicted octanol–water partition coefficient (Wildman–Crippen LogP) is 1.66. The maximum atomic E-state index is 12.0. The van der Waals surface area contributed by atoms with Gasteiger partial charge in [0.15, 0.2) is 0 Å². The Morgan fingerprint density at radius 3 is 2.61 bits per heavy atom. The first-order valence-electron chi connectivity index (χ1n) is 6.50. The molecule has 0 aliphatic heterocycles. The summed E-state index contributed by atoms with van der Waals surface area (Å²) in [5.74, 6) is -0.175. The molecule has 1 atom stereocenters. The van der Waals surface area contributed by atoms with E-state index in [0.717, 1.165) is 18.5 Å². The first-order chi connectivity index (χ1) is 8.54. The van der Waals surface area contributed by atoms with Gasteiger partial charge in [0.1, 0.15) is 0 Å². The Bertz CT molecular complexity index is 397. The van der Waals surface area contributed by atoms with Gasteiger partial charge < -0.3 is 10.4 Å². The number of carbonyl (C=O) groups excluding carboxylic acids is 1. The number of rotatable bonds is 6. The van der Waals surface area contributed by atoms with Gasteiger partial charge in [-0.3, -0.25) is 9.48 Å². The van der Waals surface area contributed by atoms with E-state index in [0.29, 0.717) is 11.6 Å². The van der Waals surface area contributed by atoms with E-state index in [2.05, 4.69) is 24.3 Å². The Morgan fingerprint density at radius 1 is 1.50 bits per heavy atom. The van der Waals surface area contributed by atoms with Crippen LogP contribution in [0.4, 0.5) is 0 Å². The van der Waals surface area contributed by atoms with Gasteiger partial charge in [-0.25, -0.2) is 0 Å². The van der Waals surface area contributed by atoms with Crippen molar-refractivity contribution in [1.29, 1.82) is 0 Å². The van der Waals surface area contributed by atoms with Gasteiger partial charge >= 0.3 is 0 Å². The highest BCUT2D eigenvalue weighted by Crippen LogP contribution is 2.19. The van der Waals surface area contributed by atoms with Gasteiger partial charge in [0.25, 0.3) is 5.91 Å². The highest BCUT2D eigenvalue weighted by molar-refractivity contribution is 5.95. The van der Waals surface area contributed by atoms with Gasteiger partial charge in [-0.1, -0.05) is 13.8 Å². The van der Waals surface area contributed by atoms with E-state index >= 15 is 0 Å². The number of aromatic nitrogens is 2. The van der Waals surface area contributed by atoms with Crippen LogP contribution in [0.2, 0.25) is 0 Å². The molecule has 0 spiro atoms. The number of hydrogen-bond acceptors (Lipinski definition) is 3. The molecule has 0 saturated heterocycles. The van der Waals surface area contributed by atoms with Crippen molar-refractivity contribution >= 4 is 5.91 Å². The summed E-state index contributed by atoms with van der Waals surface area (Å²) in [5.41, 5.74) is 1.47. The molecule has 0 fully saturated rings. The van der Waals surface area contributed by atoms with Gasteiger partial charge in [-0.05, 0) is 26.7 Å². The Morgan fingerprint density at radius 2 is 2.11 bits per heavy atom. The topological polar surface area (TPSA) is 67.2 Å². The van der Waals surface area contributed by atoms with Crippen molar-refractivity contribution < 1.29 is 9.90 Å². The third-order valence-electron chi connectivity index (χ3n) is 3.23. The van der Waals surface area contributed by atoms with E-state index < -0.39 is 0 Å². The molecule has 0 saturated carbocycles. The van der Waals surface area contributed by atoms with Crippen molar-refractivity contribution in [3.05, 3.63) is 17.5 Å². The van der Waals surface area contributed by atoms with Gasteiger partial charge in [0, 0.05) is 11.7 Å². The SMILES string of the molecule is CCC(CC)n1ncc(C(=O)NC(C)CO)c1C. The Hall–Kier alpha value is -1.36. The molecule has 1 aromatic heterocycles.